The maximum atomic E-state index is 14.0. The molecule has 0 bridgehead atoms. The van der Waals surface area contributed by atoms with E-state index in [1.807, 2.05) is 0 Å². The summed E-state index contributed by atoms with van der Waals surface area (Å²) >= 11 is 0. The van der Waals surface area contributed by atoms with Gasteiger partial charge in [-0.3, -0.25) is 0 Å². The minimum absolute atomic E-state index is 0.354. The molecule has 0 aromatic heterocycles. The zero-order chi connectivity index (χ0) is 19.5. The van der Waals surface area contributed by atoms with Crippen LogP contribution in [0.4, 0.5) is 30.7 Å². The van der Waals surface area contributed by atoms with Crippen molar-refractivity contribution in [3.05, 3.63) is 82.4 Å². The van der Waals surface area contributed by atoms with Crippen molar-refractivity contribution in [2.24, 2.45) is 0 Å². The number of hydrogen-bond donors (Lipinski definition) is 0. The fourth-order valence-corrected chi connectivity index (χ4v) is 2.21. The average Bonchev–Trinajstić information content (AvgIpc) is 2.50. The van der Waals surface area contributed by atoms with Gasteiger partial charge in [-0.15, -0.1) is 6.58 Å². The van der Waals surface area contributed by atoms with Crippen LogP contribution in [0.5, 0.6) is 0 Å². The largest absolute Gasteiger partial charge is 0.422 e. The zero-order valence-corrected chi connectivity index (χ0v) is 13.2. The highest BCUT2D eigenvalue weighted by Gasteiger charge is 2.37. The van der Waals surface area contributed by atoms with Gasteiger partial charge in [0, 0.05) is 5.56 Å². The summed E-state index contributed by atoms with van der Waals surface area (Å²) in [5.41, 5.74) is -2.81. The molecule has 0 atom stereocenters. The van der Waals surface area contributed by atoms with Crippen LogP contribution in [0.3, 0.4) is 0 Å². The van der Waals surface area contributed by atoms with Gasteiger partial charge in [-0.2, -0.15) is 13.2 Å². The van der Waals surface area contributed by atoms with Gasteiger partial charge in [-0.1, -0.05) is 17.9 Å². The Morgan fingerprint density at radius 1 is 0.846 bits per heavy atom. The third kappa shape index (κ3) is 4.45. The first kappa shape index (κ1) is 19.6. The van der Waals surface area contributed by atoms with Gasteiger partial charge in [0.1, 0.15) is 28.8 Å². The van der Waals surface area contributed by atoms with Crippen LogP contribution in [-0.2, 0) is 12.6 Å². The lowest BCUT2D eigenvalue weighted by Crippen LogP contribution is -2.11. The maximum absolute atomic E-state index is 14.0. The molecule has 7 heteroatoms. The van der Waals surface area contributed by atoms with Gasteiger partial charge in [0.15, 0.2) is 0 Å². The first-order valence-corrected chi connectivity index (χ1v) is 7.30. The van der Waals surface area contributed by atoms with E-state index in [4.69, 9.17) is 0 Å². The van der Waals surface area contributed by atoms with E-state index < -0.39 is 46.1 Å². The molecule has 0 heterocycles. The van der Waals surface area contributed by atoms with Crippen molar-refractivity contribution in [1.29, 1.82) is 0 Å². The molecule has 0 nitrogen and oxygen atoms in total. The second-order valence-electron chi connectivity index (χ2n) is 5.32. The predicted molar refractivity (Wildman–Crippen MR) is 82.2 cm³/mol. The molecule has 0 unspecified atom stereocenters. The van der Waals surface area contributed by atoms with Crippen LogP contribution in [0.1, 0.15) is 28.7 Å². The number of alkyl halides is 3. The molecule has 2 aromatic carbocycles. The monoisotopic (exact) mass is 372 g/mol. The van der Waals surface area contributed by atoms with Crippen molar-refractivity contribution in [2.75, 3.05) is 0 Å². The van der Waals surface area contributed by atoms with Crippen LogP contribution < -0.4 is 0 Å². The van der Waals surface area contributed by atoms with Gasteiger partial charge in [0.05, 0.1) is 5.56 Å². The topological polar surface area (TPSA) is 0 Å². The van der Waals surface area contributed by atoms with E-state index in [0.29, 0.717) is 30.5 Å². The molecule has 0 radical (unpaired) electrons. The molecular weight excluding hydrogens is 361 g/mol. The third-order valence-corrected chi connectivity index (χ3v) is 3.40. The van der Waals surface area contributed by atoms with Gasteiger partial charge in [-0.05, 0) is 42.7 Å². The van der Waals surface area contributed by atoms with Gasteiger partial charge >= 0.3 is 6.18 Å². The Balaban J connectivity index is 2.40. The second kappa shape index (κ2) is 7.65. The summed E-state index contributed by atoms with van der Waals surface area (Å²) in [7, 11) is 0. The van der Waals surface area contributed by atoms with Crippen molar-refractivity contribution in [1.82, 2.24) is 0 Å². The van der Waals surface area contributed by atoms with E-state index in [1.54, 1.807) is 6.08 Å². The molecule has 0 fully saturated rings. The summed E-state index contributed by atoms with van der Waals surface area (Å²) in [6, 6.07) is 2.83. The van der Waals surface area contributed by atoms with Gasteiger partial charge in [-0.25, -0.2) is 17.6 Å². The summed E-state index contributed by atoms with van der Waals surface area (Å²) < 4.78 is 92.4. The fourth-order valence-electron chi connectivity index (χ4n) is 2.21. The van der Waals surface area contributed by atoms with Crippen LogP contribution in [-0.4, -0.2) is 0 Å². The smallest absolute Gasteiger partial charge is 0.206 e. The third-order valence-electron chi connectivity index (χ3n) is 3.40. The van der Waals surface area contributed by atoms with E-state index in [1.165, 1.54) is 0 Å². The predicted octanol–water partition coefficient (Wildman–Crippen LogP) is 5.78. The molecule has 26 heavy (non-hydrogen) atoms. The molecular formula is C19H11F7. The van der Waals surface area contributed by atoms with Gasteiger partial charge < -0.3 is 0 Å². The summed E-state index contributed by atoms with van der Waals surface area (Å²) in [6.45, 7) is 3.50. The number of benzene rings is 2. The number of rotatable bonds is 3. The molecule has 2 aromatic rings. The van der Waals surface area contributed by atoms with Crippen LogP contribution in [0.15, 0.2) is 36.9 Å². The molecule has 0 spiro atoms. The van der Waals surface area contributed by atoms with Crippen molar-refractivity contribution >= 4 is 0 Å². The van der Waals surface area contributed by atoms with Crippen molar-refractivity contribution in [3.63, 3.8) is 0 Å². The highest BCUT2D eigenvalue weighted by molar-refractivity contribution is 5.46. The summed E-state index contributed by atoms with van der Waals surface area (Å²) in [4.78, 5) is 0. The Bertz CT molecular complexity index is 852. The second-order valence-corrected chi connectivity index (χ2v) is 5.32. The number of halogens is 7. The Hall–Kier alpha value is -2.75. The minimum Gasteiger partial charge on any atom is -0.206 e. The molecule has 0 saturated carbocycles. The highest BCUT2D eigenvalue weighted by Crippen LogP contribution is 2.33. The zero-order valence-electron chi connectivity index (χ0n) is 13.2. The number of hydrogen-bond acceptors (Lipinski definition) is 0. The van der Waals surface area contributed by atoms with Crippen molar-refractivity contribution in [3.8, 4) is 11.8 Å². The van der Waals surface area contributed by atoms with E-state index in [9.17, 15) is 30.7 Å². The molecule has 0 aliphatic rings. The first-order chi connectivity index (χ1) is 12.1. The van der Waals surface area contributed by atoms with E-state index in [2.05, 4.69) is 18.4 Å². The Kier molecular flexibility index (Phi) is 5.76. The summed E-state index contributed by atoms with van der Waals surface area (Å²) in [6.07, 6.45) is -2.76. The van der Waals surface area contributed by atoms with Crippen LogP contribution in [0, 0.1) is 35.1 Å². The van der Waals surface area contributed by atoms with E-state index in [0.717, 1.165) is 12.1 Å². The van der Waals surface area contributed by atoms with Crippen LogP contribution >= 0.6 is 0 Å². The summed E-state index contributed by atoms with van der Waals surface area (Å²) in [5, 5.41) is 0. The van der Waals surface area contributed by atoms with Crippen molar-refractivity contribution < 1.29 is 30.7 Å². The lowest BCUT2D eigenvalue weighted by molar-refractivity contribution is -0.142. The standard InChI is InChI=1S/C19H11F7/c1-2-3-4-11-7-14(20)13(15(21)8-11)6-5-12-9-16(22)18(17(23)10-12)19(24,25)26/h2,7-10H,1,3-4H2. The molecule has 0 saturated heterocycles. The Labute approximate surface area is 145 Å². The lowest BCUT2D eigenvalue weighted by Gasteiger charge is -2.09. The molecule has 0 N–H and O–H groups in total. The average molecular weight is 372 g/mol. The lowest BCUT2D eigenvalue weighted by atomic mass is 10.1. The number of allylic oxidation sites excluding steroid dienone is 1. The van der Waals surface area contributed by atoms with E-state index in [-0.39, 0.29) is 0 Å². The molecule has 0 aliphatic heterocycles. The highest BCUT2D eigenvalue weighted by atomic mass is 19.4. The van der Waals surface area contributed by atoms with Crippen LogP contribution in [0.25, 0.3) is 0 Å². The maximum Gasteiger partial charge on any atom is 0.422 e. The van der Waals surface area contributed by atoms with E-state index >= 15 is 0 Å². The first-order valence-electron chi connectivity index (χ1n) is 7.30. The molecule has 0 aliphatic carbocycles. The SMILES string of the molecule is C=CCCc1cc(F)c(C#Cc2cc(F)c(C(F)(F)F)c(F)c2)c(F)c1. The molecule has 136 valence electrons. The van der Waals surface area contributed by atoms with Crippen molar-refractivity contribution in [2.45, 2.75) is 19.0 Å². The quantitative estimate of drug-likeness (QED) is 0.364. The summed E-state index contributed by atoms with van der Waals surface area (Å²) in [5.74, 6) is -1.55. The minimum atomic E-state index is -5.21. The Morgan fingerprint density at radius 3 is 1.85 bits per heavy atom. The molecule has 2 rings (SSSR count). The van der Waals surface area contributed by atoms with Gasteiger partial charge in [0.25, 0.3) is 0 Å². The van der Waals surface area contributed by atoms with Gasteiger partial charge in [0.2, 0.25) is 0 Å². The fraction of sp³-hybridized carbons (Fsp3) is 0.158. The normalized spacial score (nSPS) is 11.0. The van der Waals surface area contributed by atoms with Crippen LogP contribution in [0.2, 0.25) is 0 Å². The Morgan fingerprint density at radius 2 is 1.38 bits per heavy atom. The molecule has 0 amide bonds. The number of aryl methyl sites for hydroxylation is 1.